The normalized spacial score (nSPS) is 10.4. The number of aromatic nitrogens is 3. The number of aryl methyl sites for hydroxylation is 1. The first-order valence-corrected chi connectivity index (χ1v) is 4.97. The molecule has 1 aromatic heterocycles. The second kappa shape index (κ2) is 4.66. The van der Waals surface area contributed by atoms with Gasteiger partial charge in [0.2, 0.25) is 0 Å². The molecule has 5 heteroatoms. The van der Waals surface area contributed by atoms with Crippen molar-refractivity contribution in [2.24, 2.45) is 7.05 Å². The van der Waals surface area contributed by atoms with Crippen LogP contribution in [0.3, 0.4) is 0 Å². The minimum atomic E-state index is 0.816. The summed E-state index contributed by atoms with van der Waals surface area (Å²) < 4.78 is 2.83. The van der Waals surface area contributed by atoms with E-state index in [1.54, 1.807) is 4.68 Å². The van der Waals surface area contributed by atoms with Crippen molar-refractivity contribution in [1.29, 1.82) is 0 Å². The van der Waals surface area contributed by atoms with Gasteiger partial charge in [-0.1, -0.05) is 27.8 Å². The standard InChI is InChI=1S/C6H11IN4/c1-11-5-6(9-10-11)4-8-3-2-7/h5,8H,2-4H2,1H3. The molecule has 0 spiro atoms. The minimum absolute atomic E-state index is 0.816. The van der Waals surface area contributed by atoms with Gasteiger partial charge in [0.15, 0.2) is 0 Å². The highest BCUT2D eigenvalue weighted by Gasteiger charge is 1.95. The number of nitrogens with zero attached hydrogens (tertiary/aromatic N) is 3. The van der Waals surface area contributed by atoms with Crippen LogP contribution in [-0.2, 0) is 13.6 Å². The highest BCUT2D eigenvalue weighted by atomic mass is 127. The number of hydrogen-bond acceptors (Lipinski definition) is 3. The SMILES string of the molecule is Cn1cc(CNCCI)nn1. The largest absolute Gasteiger partial charge is 0.310 e. The van der Waals surface area contributed by atoms with Gasteiger partial charge in [-0.05, 0) is 0 Å². The molecule has 4 nitrogen and oxygen atoms in total. The Bertz CT molecular complexity index is 210. The molecule has 1 aromatic rings. The van der Waals surface area contributed by atoms with Crippen LogP contribution >= 0.6 is 22.6 Å². The van der Waals surface area contributed by atoms with Crippen LogP contribution in [0.4, 0.5) is 0 Å². The van der Waals surface area contributed by atoms with Gasteiger partial charge in [-0.15, -0.1) is 5.10 Å². The molecule has 62 valence electrons. The molecular weight excluding hydrogens is 255 g/mol. The maximum atomic E-state index is 3.94. The topological polar surface area (TPSA) is 42.7 Å². The molecular formula is C6H11IN4. The van der Waals surface area contributed by atoms with Gasteiger partial charge in [-0.3, -0.25) is 4.68 Å². The molecule has 0 aromatic carbocycles. The number of nitrogens with one attached hydrogen (secondary N) is 1. The molecule has 0 saturated heterocycles. The van der Waals surface area contributed by atoms with Crippen molar-refractivity contribution < 1.29 is 0 Å². The molecule has 1 rings (SSSR count). The molecule has 0 saturated carbocycles. The van der Waals surface area contributed by atoms with Crippen LogP contribution in [0.2, 0.25) is 0 Å². The Morgan fingerprint density at radius 2 is 2.55 bits per heavy atom. The van der Waals surface area contributed by atoms with Crippen LogP contribution < -0.4 is 5.32 Å². The average molecular weight is 266 g/mol. The van der Waals surface area contributed by atoms with Crippen LogP contribution in [0, 0.1) is 0 Å². The highest BCUT2D eigenvalue weighted by Crippen LogP contribution is 1.89. The fourth-order valence-electron chi connectivity index (χ4n) is 0.760. The van der Waals surface area contributed by atoms with Crippen LogP contribution in [0.5, 0.6) is 0 Å². The Morgan fingerprint density at radius 3 is 3.09 bits per heavy atom. The zero-order valence-corrected chi connectivity index (χ0v) is 8.58. The number of halogens is 1. The first-order chi connectivity index (χ1) is 5.33. The summed E-state index contributed by atoms with van der Waals surface area (Å²) in [6, 6.07) is 0. The fourth-order valence-corrected chi connectivity index (χ4v) is 1.14. The predicted octanol–water partition coefficient (Wildman–Crippen LogP) is 0.340. The molecule has 0 amide bonds. The second-order valence-electron chi connectivity index (χ2n) is 2.25. The lowest BCUT2D eigenvalue weighted by Gasteiger charge is -1.95. The molecule has 0 aliphatic heterocycles. The summed E-state index contributed by atoms with van der Waals surface area (Å²) in [5, 5.41) is 11.0. The lowest BCUT2D eigenvalue weighted by Crippen LogP contribution is -2.15. The van der Waals surface area contributed by atoms with Crippen LogP contribution in [-0.4, -0.2) is 26.0 Å². The zero-order chi connectivity index (χ0) is 8.10. The summed E-state index contributed by atoms with van der Waals surface area (Å²) >= 11 is 2.33. The van der Waals surface area contributed by atoms with Crippen molar-refractivity contribution in [3.8, 4) is 0 Å². The van der Waals surface area contributed by atoms with E-state index in [0.717, 1.165) is 23.2 Å². The van der Waals surface area contributed by atoms with E-state index in [1.807, 2.05) is 13.2 Å². The Kier molecular flexibility index (Phi) is 3.78. The molecule has 11 heavy (non-hydrogen) atoms. The lowest BCUT2D eigenvalue weighted by atomic mass is 10.5. The van der Waals surface area contributed by atoms with Crippen LogP contribution in [0.15, 0.2) is 6.20 Å². The van der Waals surface area contributed by atoms with E-state index in [4.69, 9.17) is 0 Å². The van der Waals surface area contributed by atoms with E-state index in [2.05, 4.69) is 38.2 Å². The molecule has 0 aliphatic carbocycles. The number of hydrogen-bond donors (Lipinski definition) is 1. The molecule has 0 fully saturated rings. The maximum Gasteiger partial charge on any atom is 0.0964 e. The fraction of sp³-hybridized carbons (Fsp3) is 0.667. The van der Waals surface area contributed by atoms with Gasteiger partial charge in [-0.2, -0.15) is 0 Å². The van der Waals surface area contributed by atoms with E-state index in [1.165, 1.54) is 0 Å². The van der Waals surface area contributed by atoms with Crippen molar-refractivity contribution in [3.63, 3.8) is 0 Å². The highest BCUT2D eigenvalue weighted by molar-refractivity contribution is 14.1. The van der Waals surface area contributed by atoms with E-state index in [0.29, 0.717) is 0 Å². The third-order valence-electron chi connectivity index (χ3n) is 1.23. The monoisotopic (exact) mass is 266 g/mol. The van der Waals surface area contributed by atoms with Gasteiger partial charge in [-0.25, -0.2) is 0 Å². The summed E-state index contributed by atoms with van der Waals surface area (Å²) in [5.74, 6) is 0. The van der Waals surface area contributed by atoms with Gasteiger partial charge < -0.3 is 5.32 Å². The van der Waals surface area contributed by atoms with Crippen molar-refractivity contribution in [3.05, 3.63) is 11.9 Å². The molecule has 1 heterocycles. The Balaban J connectivity index is 2.27. The molecule has 0 unspecified atom stereocenters. The molecule has 1 N–H and O–H groups in total. The Hall–Kier alpha value is -0.170. The van der Waals surface area contributed by atoms with E-state index < -0.39 is 0 Å². The summed E-state index contributed by atoms with van der Waals surface area (Å²) in [5.41, 5.74) is 0.998. The van der Waals surface area contributed by atoms with Crippen molar-refractivity contribution in [2.75, 3.05) is 11.0 Å². The number of alkyl halides is 1. The molecule has 0 radical (unpaired) electrons. The van der Waals surface area contributed by atoms with Gasteiger partial charge in [0.1, 0.15) is 0 Å². The summed E-state index contributed by atoms with van der Waals surface area (Å²) in [7, 11) is 1.87. The maximum absolute atomic E-state index is 3.94. The molecule has 0 atom stereocenters. The molecule has 0 bridgehead atoms. The van der Waals surface area contributed by atoms with Crippen molar-refractivity contribution >= 4 is 22.6 Å². The van der Waals surface area contributed by atoms with Gasteiger partial charge in [0.25, 0.3) is 0 Å². The first kappa shape index (κ1) is 8.92. The van der Waals surface area contributed by atoms with Gasteiger partial charge in [0.05, 0.1) is 5.69 Å². The number of rotatable bonds is 4. The first-order valence-electron chi connectivity index (χ1n) is 3.45. The smallest absolute Gasteiger partial charge is 0.0964 e. The predicted molar refractivity (Wildman–Crippen MR) is 51.6 cm³/mol. The minimum Gasteiger partial charge on any atom is -0.310 e. The second-order valence-corrected chi connectivity index (χ2v) is 3.33. The average Bonchev–Trinajstić information content (AvgIpc) is 2.37. The third-order valence-corrected chi connectivity index (χ3v) is 1.77. The lowest BCUT2D eigenvalue weighted by molar-refractivity contribution is 0.700. The third kappa shape index (κ3) is 3.15. The van der Waals surface area contributed by atoms with Gasteiger partial charge in [0, 0.05) is 30.8 Å². The summed E-state index contributed by atoms with van der Waals surface area (Å²) in [6.07, 6.45) is 1.92. The zero-order valence-electron chi connectivity index (χ0n) is 6.42. The molecule has 0 aliphatic rings. The van der Waals surface area contributed by atoms with Crippen molar-refractivity contribution in [2.45, 2.75) is 6.54 Å². The Labute approximate surface area is 79.5 Å². The van der Waals surface area contributed by atoms with Gasteiger partial charge >= 0.3 is 0 Å². The van der Waals surface area contributed by atoms with Crippen LogP contribution in [0.1, 0.15) is 5.69 Å². The summed E-state index contributed by atoms with van der Waals surface area (Å²) in [4.78, 5) is 0. The van der Waals surface area contributed by atoms with E-state index in [-0.39, 0.29) is 0 Å². The quantitative estimate of drug-likeness (QED) is 0.485. The summed E-state index contributed by atoms with van der Waals surface area (Å²) in [6.45, 7) is 1.84. The van der Waals surface area contributed by atoms with Crippen molar-refractivity contribution in [1.82, 2.24) is 20.3 Å². The van der Waals surface area contributed by atoms with E-state index >= 15 is 0 Å². The Morgan fingerprint density at radius 1 is 1.73 bits per heavy atom. The van der Waals surface area contributed by atoms with E-state index in [9.17, 15) is 0 Å². The van der Waals surface area contributed by atoms with Crippen LogP contribution in [0.25, 0.3) is 0 Å².